The standard InChI is InChI=1S/C18H15F3INO3/c1-26-17(25)15(10-11-5-2-3-8-14(11)22)23-16(24)12-6-4-7-13(9-12)18(19,20)21/h2-9,15H,10H2,1H3,(H,23,24)/t15-/m0/s1. The fraction of sp³-hybridized carbons (Fsp3) is 0.222. The Kier molecular flexibility index (Phi) is 6.63. The number of benzene rings is 2. The summed E-state index contributed by atoms with van der Waals surface area (Å²) in [6.07, 6.45) is -4.39. The maximum Gasteiger partial charge on any atom is 0.416 e. The summed E-state index contributed by atoms with van der Waals surface area (Å²) >= 11 is 2.10. The third-order valence-corrected chi connectivity index (χ3v) is 4.68. The molecule has 8 heteroatoms. The number of alkyl halides is 3. The maximum atomic E-state index is 12.8. The Bertz CT molecular complexity index is 808. The highest BCUT2D eigenvalue weighted by Gasteiger charge is 2.31. The summed E-state index contributed by atoms with van der Waals surface area (Å²) in [5.41, 5.74) is -0.304. The van der Waals surface area contributed by atoms with Gasteiger partial charge in [0.15, 0.2) is 0 Å². The number of esters is 1. The monoisotopic (exact) mass is 477 g/mol. The van der Waals surface area contributed by atoms with Crippen LogP contribution < -0.4 is 5.32 Å². The Hall–Kier alpha value is -2.10. The first-order chi connectivity index (χ1) is 12.2. The number of halogens is 4. The molecule has 0 aromatic heterocycles. The zero-order chi connectivity index (χ0) is 19.3. The smallest absolute Gasteiger partial charge is 0.416 e. The van der Waals surface area contributed by atoms with Crippen LogP contribution in [0.25, 0.3) is 0 Å². The van der Waals surface area contributed by atoms with Crippen LogP contribution in [0.2, 0.25) is 0 Å². The van der Waals surface area contributed by atoms with E-state index < -0.39 is 29.7 Å². The molecule has 0 saturated heterocycles. The van der Waals surface area contributed by atoms with Crippen LogP contribution in [0, 0.1) is 3.57 Å². The van der Waals surface area contributed by atoms with Crippen molar-refractivity contribution in [3.63, 3.8) is 0 Å². The highest BCUT2D eigenvalue weighted by molar-refractivity contribution is 14.1. The lowest BCUT2D eigenvalue weighted by Gasteiger charge is -2.18. The van der Waals surface area contributed by atoms with Crippen molar-refractivity contribution in [1.29, 1.82) is 0 Å². The number of ether oxygens (including phenoxy) is 1. The Morgan fingerprint density at radius 1 is 1.15 bits per heavy atom. The molecule has 4 nitrogen and oxygen atoms in total. The molecule has 138 valence electrons. The number of carbonyl (C=O) groups excluding carboxylic acids is 2. The van der Waals surface area contributed by atoms with Crippen LogP contribution in [0.3, 0.4) is 0 Å². The first kappa shape index (κ1) is 20.2. The second kappa shape index (κ2) is 8.52. The molecular formula is C18H15F3INO3. The van der Waals surface area contributed by atoms with E-state index >= 15 is 0 Å². The number of carbonyl (C=O) groups is 2. The predicted molar refractivity (Wildman–Crippen MR) is 97.6 cm³/mol. The van der Waals surface area contributed by atoms with E-state index in [0.29, 0.717) is 0 Å². The fourth-order valence-corrected chi connectivity index (χ4v) is 2.91. The van der Waals surface area contributed by atoms with E-state index in [9.17, 15) is 22.8 Å². The number of hydrogen-bond acceptors (Lipinski definition) is 3. The van der Waals surface area contributed by atoms with Crippen LogP contribution in [0.5, 0.6) is 0 Å². The van der Waals surface area contributed by atoms with Crippen molar-refractivity contribution in [1.82, 2.24) is 5.32 Å². The quantitative estimate of drug-likeness (QED) is 0.527. The lowest BCUT2D eigenvalue weighted by molar-refractivity contribution is -0.143. The number of rotatable bonds is 5. The summed E-state index contributed by atoms with van der Waals surface area (Å²) in [5, 5.41) is 2.45. The van der Waals surface area contributed by atoms with E-state index in [1.807, 2.05) is 12.1 Å². The van der Waals surface area contributed by atoms with Crippen molar-refractivity contribution in [3.05, 3.63) is 68.8 Å². The van der Waals surface area contributed by atoms with E-state index in [0.717, 1.165) is 27.3 Å². The summed E-state index contributed by atoms with van der Waals surface area (Å²) in [6.45, 7) is 0. The summed E-state index contributed by atoms with van der Waals surface area (Å²) in [7, 11) is 1.18. The van der Waals surface area contributed by atoms with Gasteiger partial charge in [-0.15, -0.1) is 0 Å². The van der Waals surface area contributed by atoms with Gasteiger partial charge in [-0.1, -0.05) is 24.3 Å². The summed E-state index contributed by atoms with van der Waals surface area (Å²) in [6, 6.07) is 10.3. The molecule has 1 atom stereocenters. The van der Waals surface area contributed by atoms with E-state index in [1.54, 1.807) is 12.1 Å². The molecule has 2 aromatic rings. The highest BCUT2D eigenvalue weighted by Crippen LogP contribution is 2.29. The Labute approximate surface area is 161 Å². The third-order valence-electron chi connectivity index (χ3n) is 3.62. The molecule has 2 rings (SSSR count). The number of hydrogen-bond donors (Lipinski definition) is 1. The van der Waals surface area contributed by atoms with Gasteiger partial charge in [-0.3, -0.25) is 4.79 Å². The van der Waals surface area contributed by atoms with Crippen molar-refractivity contribution >= 4 is 34.5 Å². The average molecular weight is 477 g/mol. The van der Waals surface area contributed by atoms with Gasteiger partial charge in [0.25, 0.3) is 5.91 Å². The van der Waals surface area contributed by atoms with Gasteiger partial charge in [-0.2, -0.15) is 13.2 Å². The largest absolute Gasteiger partial charge is 0.467 e. The van der Waals surface area contributed by atoms with E-state index in [-0.39, 0.29) is 12.0 Å². The lowest BCUT2D eigenvalue weighted by Crippen LogP contribution is -2.43. The molecule has 0 aliphatic carbocycles. The number of amides is 1. The van der Waals surface area contributed by atoms with Crippen molar-refractivity contribution < 1.29 is 27.5 Å². The summed E-state index contributed by atoms with van der Waals surface area (Å²) < 4.78 is 44.0. The first-order valence-electron chi connectivity index (χ1n) is 7.51. The van der Waals surface area contributed by atoms with Gasteiger partial charge in [-0.05, 0) is 52.4 Å². The lowest BCUT2D eigenvalue weighted by atomic mass is 10.0. The van der Waals surface area contributed by atoms with Gasteiger partial charge in [-0.25, -0.2) is 4.79 Å². The molecular weight excluding hydrogens is 462 g/mol. The van der Waals surface area contributed by atoms with Gasteiger partial charge in [0, 0.05) is 15.6 Å². The van der Waals surface area contributed by atoms with E-state index in [4.69, 9.17) is 4.74 Å². The molecule has 2 aromatic carbocycles. The number of methoxy groups -OCH3 is 1. The van der Waals surface area contributed by atoms with Gasteiger partial charge >= 0.3 is 12.1 Å². The molecule has 1 N–H and O–H groups in total. The molecule has 1 amide bonds. The van der Waals surface area contributed by atoms with E-state index in [2.05, 4.69) is 27.9 Å². The Morgan fingerprint density at radius 3 is 2.46 bits per heavy atom. The van der Waals surface area contributed by atoms with Crippen LogP contribution in [-0.4, -0.2) is 25.0 Å². The third kappa shape index (κ3) is 5.20. The molecule has 26 heavy (non-hydrogen) atoms. The molecule has 0 unspecified atom stereocenters. The minimum absolute atomic E-state index is 0.163. The molecule has 0 aliphatic rings. The zero-order valence-electron chi connectivity index (χ0n) is 13.6. The summed E-state index contributed by atoms with van der Waals surface area (Å²) in [5.74, 6) is -1.46. The van der Waals surface area contributed by atoms with Crippen molar-refractivity contribution in [3.8, 4) is 0 Å². The molecule has 0 heterocycles. The Morgan fingerprint density at radius 2 is 1.85 bits per heavy atom. The van der Waals surface area contributed by atoms with Crippen molar-refractivity contribution in [2.45, 2.75) is 18.6 Å². The van der Waals surface area contributed by atoms with Gasteiger partial charge in [0.2, 0.25) is 0 Å². The van der Waals surface area contributed by atoms with Crippen LogP contribution in [-0.2, 0) is 22.1 Å². The number of nitrogens with one attached hydrogen (secondary N) is 1. The molecule has 0 aliphatic heterocycles. The normalized spacial score (nSPS) is 12.3. The van der Waals surface area contributed by atoms with Gasteiger partial charge in [0.05, 0.1) is 12.7 Å². The van der Waals surface area contributed by atoms with Crippen LogP contribution >= 0.6 is 22.6 Å². The second-order valence-corrected chi connectivity index (χ2v) is 6.59. The van der Waals surface area contributed by atoms with Crippen LogP contribution in [0.15, 0.2) is 48.5 Å². The summed E-state index contributed by atoms with van der Waals surface area (Å²) in [4.78, 5) is 24.3. The minimum atomic E-state index is -4.56. The first-order valence-corrected chi connectivity index (χ1v) is 8.59. The molecule has 0 bridgehead atoms. The minimum Gasteiger partial charge on any atom is -0.467 e. The van der Waals surface area contributed by atoms with E-state index in [1.165, 1.54) is 13.2 Å². The molecule has 0 spiro atoms. The average Bonchev–Trinajstić information content (AvgIpc) is 2.61. The van der Waals surface area contributed by atoms with Crippen LogP contribution in [0.1, 0.15) is 21.5 Å². The highest BCUT2D eigenvalue weighted by atomic mass is 127. The van der Waals surface area contributed by atoms with Gasteiger partial charge in [0.1, 0.15) is 6.04 Å². The topological polar surface area (TPSA) is 55.4 Å². The zero-order valence-corrected chi connectivity index (χ0v) is 15.8. The van der Waals surface area contributed by atoms with Gasteiger partial charge < -0.3 is 10.1 Å². The second-order valence-electron chi connectivity index (χ2n) is 5.42. The van der Waals surface area contributed by atoms with Crippen molar-refractivity contribution in [2.24, 2.45) is 0 Å². The SMILES string of the molecule is COC(=O)[C@H](Cc1ccccc1I)NC(=O)c1cccc(C(F)(F)F)c1. The van der Waals surface area contributed by atoms with Crippen LogP contribution in [0.4, 0.5) is 13.2 Å². The maximum absolute atomic E-state index is 12.8. The molecule has 0 saturated carbocycles. The molecule has 0 radical (unpaired) electrons. The van der Waals surface area contributed by atoms with Crippen molar-refractivity contribution in [2.75, 3.05) is 7.11 Å². The molecule has 0 fully saturated rings. The fourth-order valence-electron chi connectivity index (χ4n) is 2.30. The Balaban J connectivity index is 2.22. The predicted octanol–water partition coefficient (Wildman–Crippen LogP) is 3.82.